The van der Waals surface area contributed by atoms with Gasteiger partial charge in [0.2, 0.25) is 11.9 Å². The Morgan fingerprint density at radius 2 is 1.52 bits per heavy atom. The summed E-state index contributed by atoms with van der Waals surface area (Å²) in [5, 5.41) is 8.99. The molecule has 0 spiro atoms. The van der Waals surface area contributed by atoms with Crippen LogP contribution in [-0.4, -0.2) is 67.5 Å². The highest BCUT2D eigenvalue weighted by Gasteiger charge is 2.15. The van der Waals surface area contributed by atoms with Crippen LogP contribution in [0.15, 0.2) is 29.3 Å². The van der Waals surface area contributed by atoms with Gasteiger partial charge in [0.25, 0.3) is 0 Å². The van der Waals surface area contributed by atoms with Crippen molar-refractivity contribution < 1.29 is 23.8 Å². The summed E-state index contributed by atoms with van der Waals surface area (Å²) in [6, 6.07) is 6.21. The maximum Gasteiger partial charge on any atom is 0.337 e. The topological polar surface area (TPSA) is 136 Å². The van der Waals surface area contributed by atoms with Crippen LogP contribution in [0.2, 0.25) is 0 Å². The van der Waals surface area contributed by atoms with E-state index in [4.69, 9.17) is 26.4 Å². The summed E-state index contributed by atoms with van der Waals surface area (Å²) in [7, 11) is 4.06. The summed E-state index contributed by atoms with van der Waals surface area (Å²) >= 11 is 5.39. The Kier molecular flexibility index (Phi) is 9.63. The van der Waals surface area contributed by atoms with Crippen LogP contribution in [0.4, 0.5) is 11.6 Å². The van der Waals surface area contributed by atoms with Crippen molar-refractivity contribution in [2.75, 3.05) is 45.1 Å². The van der Waals surface area contributed by atoms with Gasteiger partial charge < -0.3 is 24.8 Å². The summed E-state index contributed by atoms with van der Waals surface area (Å²) in [6.07, 6.45) is 0. The fraction of sp³-hybridized carbons (Fsp3) is 0.333. The Hall–Kier alpha value is -3.64. The molecule has 0 aliphatic heterocycles. The molecule has 176 valence electrons. The Balaban J connectivity index is 2.24. The lowest BCUT2D eigenvalue weighted by Crippen LogP contribution is -2.39. The van der Waals surface area contributed by atoms with E-state index in [1.807, 2.05) is 19.9 Å². The molecule has 0 saturated heterocycles. The molecular formula is C21H26N6O5S. The van der Waals surface area contributed by atoms with Gasteiger partial charge in [-0.2, -0.15) is 0 Å². The summed E-state index contributed by atoms with van der Waals surface area (Å²) in [5.41, 5.74) is 2.26. The van der Waals surface area contributed by atoms with Gasteiger partial charge in [-0.05, 0) is 50.3 Å². The van der Waals surface area contributed by atoms with Crippen LogP contribution in [-0.2, 0) is 14.2 Å². The third kappa shape index (κ3) is 8.09. The van der Waals surface area contributed by atoms with Gasteiger partial charge in [-0.1, -0.05) is 0 Å². The molecule has 33 heavy (non-hydrogen) atoms. The molecule has 0 radical (unpaired) electrons. The first kappa shape index (κ1) is 25.6. The number of hydrogen-bond acceptors (Lipinski definition) is 9. The number of benzene rings is 1. The second kappa shape index (κ2) is 12.4. The minimum absolute atomic E-state index is 0.140. The molecular weight excluding hydrogens is 448 g/mol. The van der Waals surface area contributed by atoms with Gasteiger partial charge in [-0.3, -0.25) is 10.3 Å². The van der Waals surface area contributed by atoms with E-state index in [0.717, 1.165) is 11.4 Å². The summed E-state index contributed by atoms with van der Waals surface area (Å²) < 4.78 is 14.5. The highest BCUT2D eigenvalue weighted by atomic mass is 32.1. The number of guanidine groups is 1. The number of nitrogens with one attached hydrogen (secondary N) is 3. The molecule has 0 bridgehead atoms. The van der Waals surface area contributed by atoms with Gasteiger partial charge in [0.1, 0.15) is 0 Å². The zero-order valence-corrected chi connectivity index (χ0v) is 19.8. The second-order valence-corrected chi connectivity index (χ2v) is 7.09. The molecule has 0 saturated carbocycles. The van der Waals surface area contributed by atoms with E-state index >= 15 is 0 Å². The lowest BCUT2D eigenvalue weighted by molar-refractivity contribution is 0.0599. The quantitative estimate of drug-likeness (QED) is 0.179. The molecule has 3 N–H and O–H groups in total. The zero-order valence-electron chi connectivity index (χ0n) is 19.0. The van der Waals surface area contributed by atoms with E-state index in [1.54, 1.807) is 7.11 Å². The average molecular weight is 475 g/mol. The predicted molar refractivity (Wildman–Crippen MR) is 128 cm³/mol. The molecule has 1 heterocycles. The van der Waals surface area contributed by atoms with E-state index in [9.17, 15) is 9.59 Å². The van der Waals surface area contributed by atoms with E-state index in [0.29, 0.717) is 24.8 Å². The lowest BCUT2D eigenvalue weighted by Gasteiger charge is -2.15. The SMILES string of the molecule is COCCN=C(NC(=S)Nc1cc(C(=O)OC)cc(C(=O)OC)c1)Nc1nc(C)cc(C)n1. The Morgan fingerprint density at radius 1 is 0.939 bits per heavy atom. The van der Waals surface area contributed by atoms with Crippen LogP contribution in [0.3, 0.4) is 0 Å². The van der Waals surface area contributed by atoms with Gasteiger partial charge >= 0.3 is 11.9 Å². The van der Waals surface area contributed by atoms with Crippen molar-refractivity contribution in [3.63, 3.8) is 0 Å². The fourth-order valence-corrected chi connectivity index (χ4v) is 2.90. The van der Waals surface area contributed by atoms with E-state index in [2.05, 4.69) is 30.9 Å². The van der Waals surface area contributed by atoms with Crippen molar-refractivity contribution in [1.82, 2.24) is 15.3 Å². The van der Waals surface area contributed by atoms with Crippen molar-refractivity contribution in [3.05, 3.63) is 46.8 Å². The van der Waals surface area contributed by atoms with Gasteiger partial charge in [0, 0.05) is 24.2 Å². The van der Waals surface area contributed by atoms with Gasteiger partial charge in [0.15, 0.2) is 5.11 Å². The molecule has 0 fully saturated rings. The Labute approximate surface area is 197 Å². The number of esters is 2. The maximum atomic E-state index is 12.0. The number of rotatable bonds is 7. The molecule has 2 rings (SSSR count). The van der Waals surface area contributed by atoms with Crippen molar-refractivity contribution in [2.24, 2.45) is 4.99 Å². The Morgan fingerprint density at radius 3 is 2.03 bits per heavy atom. The fourth-order valence-electron chi connectivity index (χ4n) is 2.69. The van der Waals surface area contributed by atoms with Gasteiger partial charge in [-0.25, -0.2) is 19.6 Å². The average Bonchev–Trinajstić information content (AvgIpc) is 2.77. The highest BCUT2D eigenvalue weighted by molar-refractivity contribution is 7.80. The summed E-state index contributed by atoms with van der Waals surface area (Å²) in [5.74, 6) is -0.595. The van der Waals surface area contributed by atoms with E-state index in [-0.39, 0.29) is 22.2 Å². The smallest absolute Gasteiger partial charge is 0.337 e. The first-order valence-electron chi connectivity index (χ1n) is 9.78. The number of ether oxygens (including phenoxy) is 3. The Bertz CT molecular complexity index is 1000. The van der Waals surface area contributed by atoms with Crippen molar-refractivity contribution in [2.45, 2.75) is 13.8 Å². The summed E-state index contributed by atoms with van der Waals surface area (Å²) in [6.45, 7) is 4.46. The first-order valence-corrected chi connectivity index (χ1v) is 10.2. The minimum Gasteiger partial charge on any atom is -0.465 e. The molecule has 0 aliphatic rings. The molecule has 12 heteroatoms. The number of hydrogen-bond donors (Lipinski definition) is 3. The number of anilines is 2. The van der Waals surface area contributed by atoms with Crippen molar-refractivity contribution >= 4 is 46.9 Å². The molecule has 11 nitrogen and oxygen atoms in total. The molecule has 1 aromatic heterocycles. The van der Waals surface area contributed by atoms with Crippen LogP contribution in [0.25, 0.3) is 0 Å². The number of carbonyl (C=O) groups excluding carboxylic acids is 2. The number of thiocarbonyl (C=S) groups is 1. The number of nitrogens with zero attached hydrogens (tertiary/aromatic N) is 3. The van der Waals surface area contributed by atoms with Crippen molar-refractivity contribution in [3.8, 4) is 0 Å². The molecule has 0 unspecified atom stereocenters. The second-order valence-electron chi connectivity index (χ2n) is 6.68. The monoisotopic (exact) mass is 474 g/mol. The normalized spacial score (nSPS) is 10.9. The number of carbonyl (C=O) groups is 2. The standard InChI is InChI=1S/C21H26N6O5S/c1-12-8-13(2)24-20(23-12)26-19(22-6-7-30-3)27-21(33)25-16-10-14(17(28)31-4)9-15(11-16)18(29)32-5/h8-11H,6-7H2,1-5H3,(H3,22,23,24,25,26,27,33). The third-order valence-electron chi connectivity index (χ3n) is 4.04. The molecule has 2 aromatic rings. The molecule has 0 aliphatic carbocycles. The third-order valence-corrected chi connectivity index (χ3v) is 4.25. The molecule has 0 amide bonds. The van der Waals surface area contributed by atoms with Crippen LogP contribution in [0, 0.1) is 13.8 Å². The van der Waals surface area contributed by atoms with Gasteiger partial charge in [0.05, 0.1) is 38.5 Å². The minimum atomic E-state index is -0.613. The number of methoxy groups -OCH3 is 3. The molecule has 1 aromatic carbocycles. The predicted octanol–water partition coefficient (Wildman–Crippen LogP) is 2.07. The van der Waals surface area contributed by atoms with E-state index in [1.165, 1.54) is 32.4 Å². The molecule has 0 atom stereocenters. The van der Waals surface area contributed by atoms with Crippen LogP contribution in [0.1, 0.15) is 32.1 Å². The van der Waals surface area contributed by atoms with Crippen LogP contribution >= 0.6 is 12.2 Å². The van der Waals surface area contributed by atoms with Crippen LogP contribution in [0.5, 0.6) is 0 Å². The zero-order chi connectivity index (χ0) is 24.4. The number of aromatic nitrogens is 2. The maximum absolute atomic E-state index is 12.0. The summed E-state index contributed by atoms with van der Waals surface area (Å²) in [4.78, 5) is 37.0. The largest absolute Gasteiger partial charge is 0.465 e. The van der Waals surface area contributed by atoms with Crippen LogP contribution < -0.4 is 16.0 Å². The highest BCUT2D eigenvalue weighted by Crippen LogP contribution is 2.17. The first-order chi connectivity index (χ1) is 15.7. The van der Waals surface area contributed by atoms with E-state index < -0.39 is 11.9 Å². The lowest BCUT2D eigenvalue weighted by atomic mass is 10.1. The van der Waals surface area contributed by atoms with Gasteiger partial charge in [-0.15, -0.1) is 0 Å². The number of aliphatic imine (C=N–C) groups is 1. The van der Waals surface area contributed by atoms with Crippen molar-refractivity contribution in [1.29, 1.82) is 0 Å². The number of aryl methyl sites for hydroxylation is 2.